The molecule has 0 unspecified atom stereocenters. The molecule has 0 radical (unpaired) electrons. The smallest absolute Gasteiger partial charge is 0.138 e. The Morgan fingerprint density at radius 1 is 0.750 bits per heavy atom. The second kappa shape index (κ2) is 6.46. The number of aromatic nitrogens is 3. The Labute approximate surface area is 140 Å². The van der Waals surface area contributed by atoms with E-state index in [1.54, 1.807) is 12.5 Å². The lowest BCUT2D eigenvalue weighted by molar-refractivity contribution is 1.03. The van der Waals surface area contributed by atoms with E-state index in [0.29, 0.717) is 6.54 Å². The van der Waals surface area contributed by atoms with E-state index in [-0.39, 0.29) is 0 Å². The predicted octanol–water partition coefficient (Wildman–Crippen LogP) is 4.30. The molecule has 116 valence electrons. The maximum Gasteiger partial charge on any atom is 0.138 e. The van der Waals surface area contributed by atoms with Gasteiger partial charge >= 0.3 is 0 Å². The summed E-state index contributed by atoms with van der Waals surface area (Å²) < 4.78 is 0. The molecule has 0 bridgehead atoms. The van der Waals surface area contributed by atoms with Gasteiger partial charge in [0.15, 0.2) is 0 Å². The van der Waals surface area contributed by atoms with Crippen LogP contribution in [0.4, 0.5) is 5.82 Å². The van der Waals surface area contributed by atoms with E-state index in [1.807, 2.05) is 48.5 Å². The van der Waals surface area contributed by atoms with Crippen molar-refractivity contribution in [1.82, 2.24) is 15.0 Å². The minimum absolute atomic E-state index is 0.621. The van der Waals surface area contributed by atoms with Crippen LogP contribution in [0.5, 0.6) is 0 Å². The molecule has 4 rings (SSSR count). The van der Waals surface area contributed by atoms with Gasteiger partial charge in [0, 0.05) is 6.20 Å². The van der Waals surface area contributed by atoms with Crippen LogP contribution in [0.2, 0.25) is 0 Å². The molecular formula is C20H16N4. The molecule has 0 aliphatic rings. The number of nitrogens with one attached hydrogen (secondary N) is 1. The second-order valence-electron chi connectivity index (χ2n) is 5.46. The normalized spacial score (nSPS) is 10.7. The number of anilines is 1. The Kier molecular flexibility index (Phi) is 3.86. The summed E-state index contributed by atoms with van der Waals surface area (Å²) in [6, 6.07) is 22.3. The van der Waals surface area contributed by atoms with Gasteiger partial charge in [-0.1, -0.05) is 48.5 Å². The number of benzene rings is 2. The zero-order valence-corrected chi connectivity index (χ0v) is 13.1. The highest BCUT2D eigenvalue weighted by Gasteiger charge is 2.10. The fourth-order valence-electron chi connectivity index (χ4n) is 2.78. The monoisotopic (exact) mass is 312 g/mol. The van der Waals surface area contributed by atoms with Gasteiger partial charge in [-0.15, -0.1) is 0 Å². The van der Waals surface area contributed by atoms with Crippen LogP contribution in [0.15, 0.2) is 79.3 Å². The summed E-state index contributed by atoms with van der Waals surface area (Å²) in [6.07, 6.45) is 3.39. The van der Waals surface area contributed by atoms with Crippen molar-refractivity contribution in [2.45, 2.75) is 6.54 Å². The maximum atomic E-state index is 4.46. The summed E-state index contributed by atoms with van der Waals surface area (Å²) in [4.78, 5) is 13.2. The van der Waals surface area contributed by atoms with Gasteiger partial charge in [-0.2, -0.15) is 0 Å². The molecule has 1 N–H and O–H groups in total. The lowest BCUT2D eigenvalue weighted by Crippen LogP contribution is -2.04. The number of nitrogens with zero attached hydrogens (tertiary/aromatic N) is 3. The molecule has 0 fully saturated rings. The Morgan fingerprint density at radius 3 is 2.46 bits per heavy atom. The van der Waals surface area contributed by atoms with Crippen LogP contribution >= 0.6 is 0 Å². The van der Waals surface area contributed by atoms with Crippen molar-refractivity contribution in [3.63, 3.8) is 0 Å². The van der Waals surface area contributed by atoms with Crippen LogP contribution < -0.4 is 5.32 Å². The van der Waals surface area contributed by atoms with E-state index >= 15 is 0 Å². The second-order valence-corrected chi connectivity index (χ2v) is 5.46. The van der Waals surface area contributed by atoms with Crippen molar-refractivity contribution >= 4 is 16.7 Å². The molecule has 0 aliphatic carbocycles. The average molecular weight is 312 g/mol. The van der Waals surface area contributed by atoms with Gasteiger partial charge in [-0.05, 0) is 29.3 Å². The summed E-state index contributed by atoms with van der Waals surface area (Å²) in [5.41, 5.74) is 4.17. The minimum atomic E-state index is 0.621. The lowest BCUT2D eigenvalue weighted by atomic mass is 10.0. The summed E-state index contributed by atoms with van der Waals surface area (Å²) in [5.74, 6) is 0.824. The molecule has 24 heavy (non-hydrogen) atoms. The highest BCUT2D eigenvalue weighted by atomic mass is 15.0. The molecule has 2 aromatic heterocycles. The number of rotatable bonds is 4. The predicted molar refractivity (Wildman–Crippen MR) is 96.5 cm³/mol. The summed E-state index contributed by atoms with van der Waals surface area (Å²) in [6.45, 7) is 0.621. The zero-order chi connectivity index (χ0) is 16.2. The Bertz CT molecular complexity index is 948. The first-order valence-electron chi connectivity index (χ1n) is 7.85. The van der Waals surface area contributed by atoms with Crippen LogP contribution in [-0.2, 0) is 6.54 Å². The fourth-order valence-corrected chi connectivity index (χ4v) is 2.78. The van der Waals surface area contributed by atoms with Gasteiger partial charge in [0.2, 0.25) is 0 Å². The highest BCUT2D eigenvalue weighted by Crippen LogP contribution is 2.31. The van der Waals surface area contributed by atoms with Gasteiger partial charge in [-0.3, -0.25) is 4.98 Å². The Morgan fingerprint density at radius 2 is 1.62 bits per heavy atom. The molecule has 0 saturated heterocycles. The number of hydrogen-bond donors (Lipinski definition) is 1. The summed E-state index contributed by atoms with van der Waals surface area (Å²) in [7, 11) is 0. The molecule has 4 nitrogen and oxygen atoms in total. The summed E-state index contributed by atoms with van der Waals surface area (Å²) in [5, 5.41) is 4.43. The molecule has 0 spiro atoms. The first kappa shape index (κ1) is 14.3. The Balaban J connectivity index is 1.78. The number of hydrogen-bond acceptors (Lipinski definition) is 4. The summed E-state index contributed by atoms with van der Waals surface area (Å²) >= 11 is 0. The molecule has 2 heterocycles. The Hall–Kier alpha value is -3.27. The van der Waals surface area contributed by atoms with Crippen molar-refractivity contribution in [2.75, 3.05) is 5.32 Å². The van der Waals surface area contributed by atoms with Crippen LogP contribution in [0.3, 0.4) is 0 Å². The first-order chi connectivity index (χ1) is 11.9. The third-order valence-corrected chi connectivity index (χ3v) is 3.91. The van der Waals surface area contributed by atoms with Gasteiger partial charge in [0.05, 0.1) is 23.1 Å². The zero-order valence-electron chi connectivity index (χ0n) is 13.1. The molecular weight excluding hydrogens is 296 g/mol. The fraction of sp³-hybridized carbons (Fsp3) is 0.0500. The molecule has 4 aromatic rings. The van der Waals surface area contributed by atoms with Crippen molar-refractivity contribution in [3.05, 3.63) is 84.9 Å². The van der Waals surface area contributed by atoms with Gasteiger partial charge in [0.25, 0.3) is 0 Å². The molecule has 0 atom stereocenters. The highest BCUT2D eigenvalue weighted by molar-refractivity contribution is 6.01. The molecule has 0 aliphatic heterocycles. The standard InChI is InChI=1S/C20H16N4/c1-2-7-15(8-3-1)17-10-6-11-18-19(17)20(24-14-23-18)22-13-16-9-4-5-12-21-16/h1-12,14H,13H2,(H,22,23,24). The largest absolute Gasteiger partial charge is 0.364 e. The third kappa shape index (κ3) is 2.82. The van der Waals surface area contributed by atoms with E-state index in [2.05, 4.69) is 38.5 Å². The van der Waals surface area contributed by atoms with Gasteiger partial charge in [0.1, 0.15) is 12.1 Å². The molecule has 4 heteroatoms. The van der Waals surface area contributed by atoms with E-state index in [0.717, 1.165) is 33.5 Å². The van der Waals surface area contributed by atoms with Crippen molar-refractivity contribution in [3.8, 4) is 11.1 Å². The third-order valence-electron chi connectivity index (χ3n) is 3.91. The van der Waals surface area contributed by atoms with Crippen LogP contribution in [0.1, 0.15) is 5.69 Å². The van der Waals surface area contributed by atoms with Gasteiger partial charge < -0.3 is 5.32 Å². The number of fused-ring (bicyclic) bond motifs is 1. The average Bonchev–Trinajstić information content (AvgIpc) is 2.67. The lowest BCUT2D eigenvalue weighted by Gasteiger charge is -2.12. The minimum Gasteiger partial charge on any atom is -0.364 e. The SMILES string of the molecule is c1ccc(-c2cccc3ncnc(NCc4ccccn4)c23)cc1. The van der Waals surface area contributed by atoms with E-state index in [9.17, 15) is 0 Å². The molecule has 0 amide bonds. The maximum absolute atomic E-state index is 4.46. The molecule has 2 aromatic carbocycles. The van der Waals surface area contributed by atoms with Crippen LogP contribution in [-0.4, -0.2) is 15.0 Å². The van der Waals surface area contributed by atoms with E-state index in [4.69, 9.17) is 0 Å². The van der Waals surface area contributed by atoms with Crippen molar-refractivity contribution in [1.29, 1.82) is 0 Å². The van der Waals surface area contributed by atoms with Crippen molar-refractivity contribution < 1.29 is 0 Å². The van der Waals surface area contributed by atoms with E-state index in [1.165, 1.54) is 0 Å². The number of pyridine rings is 1. The first-order valence-corrected chi connectivity index (χ1v) is 7.85. The van der Waals surface area contributed by atoms with Gasteiger partial charge in [-0.25, -0.2) is 9.97 Å². The van der Waals surface area contributed by atoms with Crippen LogP contribution in [0.25, 0.3) is 22.0 Å². The molecule has 0 saturated carbocycles. The topological polar surface area (TPSA) is 50.7 Å². The quantitative estimate of drug-likeness (QED) is 0.610. The van der Waals surface area contributed by atoms with Crippen molar-refractivity contribution in [2.24, 2.45) is 0 Å². The van der Waals surface area contributed by atoms with E-state index < -0.39 is 0 Å². The van der Waals surface area contributed by atoms with Crippen LogP contribution in [0, 0.1) is 0 Å².